The van der Waals surface area contributed by atoms with Crippen LogP contribution in [-0.4, -0.2) is 29.7 Å². The molecule has 156 valence electrons. The van der Waals surface area contributed by atoms with Crippen LogP contribution in [0.4, 0.5) is 13.2 Å². The van der Waals surface area contributed by atoms with Gasteiger partial charge in [0.15, 0.2) is 5.78 Å². The van der Waals surface area contributed by atoms with Gasteiger partial charge in [-0.1, -0.05) is 30.3 Å². The van der Waals surface area contributed by atoms with Crippen molar-refractivity contribution >= 4 is 24.1 Å². The fourth-order valence-electron chi connectivity index (χ4n) is 3.56. The van der Waals surface area contributed by atoms with Gasteiger partial charge in [0.05, 0.1) is 5.56 Å². The summed E-state index contributed by atoms with van der Waals surface area (Å²) in [4.78, 5) is 26.9. The van der Waals surface area contributed by atoms with E-state index in [1.165, 1.54) is 0 Å². The van der Waals surface area contributed by atoms with Gasteiger partial charge >= 0.3 is 0 Å². The molecule has 0 saturated carbocycles. The van der Waals surface area contributed by atoms with Gasteiger partial charge in [-0.15, -0.1) is 12.4 Å². The van der Waals surface area contributed by atoms with Crippen LogP contribution in [0.3, 0.4) is 0 Å². The molecule has 1 amide bonds. The van der Waals surface area contributed by atoms with Crippen molar-refractivity contribution in [2.24, 2.45) is 11.7 Å². The van der Waals surface area contributed by atoms with E-state index in [4.69, 9.17) is 5.73 Å². The largest absolute Gasteiger partial charge is 0.341 e. The van der Waals surface area contributed by atoms with Gasteiger partial charge in [0, 0.05) is 31.1 Å². The van der Waals surface area contributed by atoms with E-state index >= 15 is 0 Å². The molecule has 0 spiro atoms. The van der Waals surface area contributed by atoms with Crippen LogP contribution in [-0.2, 0) is 10.3 Å². The lowest BCUT2D eigenvalue weighted by atomic mass is 9.86. The molecule has 1 saturated heterocycles. The van der Waals surface area contributed by atoms with Crippen molar-refractivity contribution in [1.82, 2.24) is 4.90 Å². The quantitative estimate of drug-likeness (QED) is 0.756. The molecular formula is C21H22ClF3N2O2. The van der Waals surface area contributed by atoms with Gasteiger partial charge in [0.1, 0.15) is 23.0 Å². The van der Waals surface area contributed by atoms with Gasteiger partial charge in [-0.2, -0.15) is 0 Å². The summed E-state index contributed by atoms with van der Waals surface area (Å²) in [6, 6.07) is 9.95. The summed E-state index contributed by atoms with van der Waals surface area (Å²) in [5.74, 6) is -5.11. The van der Waals surface area contributed by atoms with Crippen LogP contribution in [0.25, 0.3) is 0 Å². The number of amides is 1. The highest BCUT2D eigenvalue weighted by atomic mass is 35.5. The second-order valence-electron chi connectivity index (χ2n) is 7.24. The number of halogens is 4. The molecule has 2 aromatic rings. The molecule has 0 bridgehead atoms. The smallest absolute Gasteiger partial charge is 0.246 e. The molecule has 29 heavy (non-hydrogen) atoms. The second-order valence-corrected chi connectivity index (χ2v) is 7.24. The summed E-state index contributed by atoms with van der Waals surface area (Å²) in [7, 11) is 0. The van der Waals surface area contributed by atoms with Crippen LogP contribution in [0.15, 0.2) is 42.5 Å². The number of benzene rings is 2. The fraction of sp³-hybridized carbons (Fsp3) is 0.333. The molecule has 8 heteroatoms. The van der Waals surface area contributed by atoms with E-state index in [1.807, 2.05) is 6.07 Å². The summed E-state index contributed by atoms with van der Waals surface area (Å²) in [6.07, 6.45) is 0.511. The highest BCUT2D eigenvalue weighted by molar-refractivity contribution is 5.98. The number of piperidine rings is 1. The van der Waals surface area contributed by atoms with Crippen molar-refractivity contribution in [1.29, 1.82) is 0 Å². The molecule has 2 N–H and O–H groups in total. The number of carbonyl (C=O) groups is 2. The zero-order chi connectivity index (χ0) is 20.5. The number of likely N-dealkylation sites (tertiary alicyclic amines) is 1. The van der Waals surface area contributed by atoms with E-state index in [0.717, 1.165) is 0 Å². The number of carbonyl (C=O) groups excluding carboxylic acids is 2. The van der Waals surface area contributed by atoms with Crippen molar-refractivity contribution in [2.45, 2.75) is 25.3 Å². The van der Waals surface area contributed by atoms with E-state index in [2.05, 4.69) is 0 Å². The van der Waals surface area contributed by atoms with Crippen LogP contribution >= 0.6 is 12.4 Å². The lowest BCUT2D eigenvalue weighted by Gasteiger charge is -2.36. The normalized spacial score (nSPS) is 16.7. The van der Waals surface area contributed by atoms with Crippen molar-refractivity contribution in [3.8, 4) is 0 Å². The van der Waals surface area contributed by atoms with Gasteiger partial charge in [-0.25, -0.2) is 13.2 Å². The van der Waals surface area contributed by atoms with Crippen molar-refractivity contribution in [3.05, 3.63) is 71.0 Å². The average Bonchev–Trinajstić information content (AvgIpc) is 2.67. The van der Waals surface area contributed by atoms with E-state index in [0.29, 0.717) is 17.7 Å². The second kappa shape index (κ2) is 8.97. The number of rotatable bonds is 4. The molecule has 1 heterocycles. The molecule has 1 aliphatic heterocycles. The molecule has 1 unspecified atom stereocenters. The molecule has 1 atom stereocenters. The standard InChI is InChI=1S/C21H21F3N2O2.ClH/c1-21(25,14-5-3-2-4-6-14)20(28)26-9-7-13(8-10-26)19(27)18-16(23)11-15(22)12-17(18)24;/h2-6,11-13H,7-10,25H2,1H3;1H. The van der Waals surface area contributed by atoms with Crippen LogP contribution in [0.2, 0.25) is 0 Å². The third-order valence-electron chi connectivity index (χ3n) is 5.22. The Morgan fingerprint density at radius 2 is 1.55 bits per heavy atom. The maximum Gasteiger partial charge on any atom is 0.246 e. The summed E-state index contributed by atoms with van der Waals surface area (Å²) in [6.45, 7) is 2.13. The highest BCUT2D eigenvalue weighted by Crippen LogP contribution is 2.28. The third-order valence-corrected chi connectivity index (χ3v) is 5.22. The fourth-order valence-corrected chi connectivity index (χ4v) is 3.56. The number of Topliss-reactive ketones (excluding diaryl/α,β-unsaturated/α-hetero) is 1. The van der Waals surface area contributed by atoms with Crippen LogP contribution in [0, 0.1) is 23.4 Å². The molecule has 2 aromatic carbocycles. The maximum absolute atomic E-state index is 13.9. The summed E-state index contributed by atoms with van der Waals surface area (Å²) in [5, 5.41) is 0. The Bertz CT molecular complexity index is 875. The summed E-state index contributed by atoms with van der Waals surface area (Å²) >= 11 is 0. The van der Waals surface area contributed by atoms with Crippen LogP contribution in [0.1, 0.15) is 35.7 Å². The van der Waals surface area contributed by atoms with Gasteiger partial charge < -0.3 is 10.6 Å². The van der Waals surface area contributed by atoms with Gasteiger partial charge in [-0.05, 0) is 25.3 Å². The van der Waals surface area contributed by atoms with Gasteiger partial charge in [0.2, 0.25) is 5.91 Å². The van der Waals surface area contributed by atoms with Crippen LogP contribution < -0.4 is 5.73 Å². The Labute approximate surface area is 173 Å². The van der Waals surface area contributed by atoms with Gasteiger partial charge in [-0.3, -0.25) is 9.59 Å². The molecule has 3 rings (SSSR count). The molecule has 1 aliphatic rings. The topological polar surface area (TPSA) is 63.4 Å². The number of ketones is 1. The lowest BCUT2D eigenvalue weighted by molar-refractivity contribution is -0.138. The molecular weight excluding hydrogens is 405 g/mol. The average molecular weight is 427 g/mol. The highest BCUT2D eigenvalue weighted by Gasteiger charge is 2.37. The molecule has 0 radical (unpaired) electrons. The Kier molecular flexibility index (Phi) is 7.08. The van der Waals surface area contributed by atoms with Gasteiger partial charge in [0.25, 0.3) is 0 Å². The summed E-state index contributed by atoms with van der Waals surface area (Å²) < 4.78 is 40.8. The van der Waals surface area contributed by atoms with Crippen LogP contribution in [0.5, 0.6) is 0 Å². The Morgan fingerprint density at radius 1 is 1.03 bits per heavy atom. The molecule has 4 nitrogen and oxygen atoms in total. The molecule has 0 aromatic heterocycles. The predicted molar refractivity (Wildman–Crippen MR) is 105 cm³/mol. The minimum absolute atomic E-state index is 0. The van der Waals surface area contributed by atoms with Crippen molar-refractivity contribution in [3.63, 3.8) is 0 Å². The zero-order valence-corrected chi connectivity index (χ0v) is 16.6. The van der Waals surface area contributed by atoms with E-state index in [-0.39, 0.29) is 44.2 Å². The first kappa shape index (κ1) is 22.9. The van der Waals surface area contributed by atoms with Crippen molar-refractivity contribution in [2.75, 3.05) is 13.1 Å². The van der Waals surface area contributed by atoms with E-state index in [1.54, 1.807) is 36.1 Å². The number of nitrogens with two attached hydrogens (primary N) is 1. The molecule has 0 aliphatic carbocycles. The minimum Gasteiger partial charge on any atom is -0.341 e. The maximum atomic E-state index is 13.9. The number of hydrogen-bond donors (Lipinski definition) is 1. The zero-order valence-electron chi connectivity index (χ0n) is 15.8. The van der Waals surface area contributed by atoms with E-state index < -0.39 is 40.3 Å². The first-order valence-electron chi connectivity index (χ1n) is 9.04. The van der Waals surface area contributed by atoms with E-state index in [9.17, 15) is 22.8 Å². The SMILES string of the molecule is CC(N)(C(=O)N1CCC(C(=O)c2c(F)cc(F)cc2F)CC1)c1ccccc1.Cl. The molecule has 1 fully saturated rings. The third kappa shape index (κ3) is 4.62. The summed E-state index contributed by atoms with van der Waals surface area (Å²) in [5.41, 5.74) is 5.00. The number of nitrogens with zero attached hydrogens (tertiary/aromatic N) is 1. The minimum atomic E-state index is -1.22. The number of hydrogen-bond acceptors (Lipinski definition) is 3. The Hall–Kier alpha value is -2.38. The lowest BCUT2D eigenvalue weighted by Crippen LogP contribution is -2.53. The van der Waals surface area contributed by atoms with Crippen molar-refractivity contribution < 1.29 is 22.8 Å². The predicted octanol–water partition coefficient (Wildman–Crippen LogP) is 3.82. The first-order chi connectivity index (χ1) is 13.2. The first-order valence-corrected chi connectivity index (χ1v) is 9.04. The Morgan fingerprint density at radius 3 is 2.07 bits per heavy atom. The monoisotopic (exact) mass is 426 g/mol. The Balaban J connectivity index is 0.00000300.